The molecule has 0 spiro atoms. The molecule has 0 aliphatic heterocycles. The molecule has 5 aromatic rings. The number of aromatic nitrogens is 10. The van der Waals surface area contributed by atoms with Crippen LogP contribution in [0.4, 0.5) is 0 Å². The lowest BCUT2D eigenvalue weighted by molar-refractivity contribution is 0.0525. The van der Waals surface area contributed by atoms with Gasteiger partial charge in [-0.15, -0.1) is 0 Å². The molecule has 5 heterocycles. The molecule has 0 aliphatic rings. The number of thioether (sulfide) groups is 5. The van der Waals surface area contributed by atoms with Crippen molar-refractivity contribution in [3.63, 3.8) is 0 Å². The van der Waals surface area contributed by atoms with E-state index in [2.05, 4.69) is 49.8 Å². The quantitative estimate of drug-likeness (QED) is 0.0279. The Bertz CT molecular complexity index is 2210. The zero-order valence-corrected chi connectivity index (χ0v) is 42.2. The van der Waals surface area contributed by atoms with Crippen LogP contribution in [0.25, 0.3) is 0 Å². The summed E-state index contributed by atoms with van der Waals surface area (Å²) in [6, 6.07) is 0. The number of carbonyl (C=O) groups is 3. The van der Waals surface area contributed by atoms with E-state index in [4.69, 9.17) is 67.8 Å². The highest BCUT2D eigenvalue weighted by atomic mass is 35.5. The first-order chi connectivity index (χ1) is 29.6. The molecule has 0 saturated carbocycles. The fraction of sp³-hybridized carbons (Fsp3) is 0.361. The predicted molar refractivity (Wildman–Crippen MR) is 251 cm³/mol. The number of aliphatic hydroxyl groups is 2. The van der Waals surface area contributed by atoms with Crippen LogP contribution in [0.2, 0.25) is 25.8 Å². The van der Waals surface area contributed by atoms with Crippen LogP contribution in [-0.2, 0) is 11.3 Å². The summed E-state index contributed by atoms with van der Waals surface area (Å²) in [7, 11) is 0. The molecule has 62 heavy (non-hydrogen) atoms. The lowest BCUT2D eigenvalue weighted by Crippen LogP contribution is -2.07. The van der Waals surface area contributed by atoms with Crippen LogP contribution in [0, 0.1) is 0 Å². The van der Waals surface area contributed by atoms with E-state index in [1.54, 1.807) is 20.0 Å². The second-order valence-corrected chi connectivity index (χ2v) is 16.4. The van der Waals surface area contributed by atoms with Crippen LogP contribution in [0.3, 0.4) is 0 Å². The van der Waals surface area contributed by atoms with Gasteiger partial charge in [-0.3, -0.25) is 9.59 Å². The normalized spacial score (nSPS) is 10.6. The summed E-state index contributed by atoms with van der Waals surface area (Å²) in [6.45, 7) is 5.57. The smallest absolute Gasteiger partial charge is 0.342 e. The lowest BCUT2D eigenvalue weighted by Gasteiger charge is -2.08. The third-order valence-electron chi connectivity index (χ3n) is 6.79. The average molecular weight is 1050 g/mol. The first kappa shape index (κ1) is 57.3. The number of aldehydes is 1. The van der Waals surface area contributed by atoms with E-state index < -0.39 is 12.1 Å². The molecule has 5 aromatic heterocycles. The van der Waals surface area contributed by atoms with E-state index in [9.17, 15) is 19.5 Å². The number of hydrogen-bond donors (Lipinski definition) is 2. The number of rotatable bonds is 13. The molecule has 1 atom stereocenters. The summed E-state index contributed by atoms with van der Waals surface area (Å²) in [5, 5.41) is 22.4. The van der Waals surface area contributed by atoms with Crippen LogP contribution in [0.1, 0.15) is 81.9 Å². The molecular weight excluding hydrogens is 1010 g/mol. The monoisotopic (exact) mass is 1040 g/mol. The Morgan fingerprint density at radius 1 is 0.629 bits per heavy atom. The number of hydrogen-bond acceptors (Lipinski definition) is 21. The summed E-state index contributed by atoms with van der Waals surface area (Å²) in [5.74, 6) is -0.525. The molecule has 0 aromatic carbocycles. The zero-order chi connectivity index (χ0) is 46.8. The number of nitrogens with zero attached hydrogens (tertiary/aromatic N) is 10. The van der Waals surface area contributed by atoms with Crippen molar-refractivity contribution in [1.82, 2.24) is 49.8 Å². The maximum Gasteiger partial charge on any atom is 0.342 e. The maximum atomic E-state index is 11.3. The second-order valence-electron chi connectivity index (χ2n) is 10.7. The number of carbonyl (C=O) groups excluding carboxylic acids is 3. The first-order valence-electron chi connectivity index (χ1n) is 17.4. The zero-order valence-electron chi connectivity index (χ0n) is 34.3. The Hall–Kier alpha value is -2.67. The van der Waals surface area contributed by atoms with Gasteiger partial charge >= 0.3 is 5.97 Å². The van der Waals surface area contributed by atoms with Crippen molar-refractivity contribution >= 4 is 135 Å². The van der Waals surface area contributed by atoms with E-state index in [1.807, 2.05) is 38.2 Å². The van der Waals surface area contributed by atoms with Crippen LogP contribution < -0.4 is 0 Å². The van der Waals surface area contributed by atoms with Gasteiger partial charge in [0.1, 0.15) is 31.3 Å². The van der Waals surface area contributed by atoms with E-state index in [1.165, 1.54) is 83.6 Å². The summed E-state index contributed by atoms with van der Waals surface area (Å²) >= 11 is 35.7. The summed E-state index contributed by atoms with van der Waals surface area (Å²) in [6.07, 6.45) is 17.7. The summed E-state index contributed by atoms with van der Waals surface area (Å²) in [4.78, 5) is 72.2. The van der Waals surface area contributed by atoms with Gasteiger partial charge in [-0.2, -0.15) is 0 Å². The number of halogens is 5. The van der Waals surface area contributed by atoms with Gasteiger partial charge < -0.3 is 14.9 Å². The van der Waals surface area contributed by atoms with Crippen molar-refractivity contribution in [3.8, 4) is 0 Å². The van der Waals surface area contributed by atoms with Gasteiger partial charge in [-0.25, -0.2) is 54.6 Å². The molecule has 0 radical (unpaired) electrons. The number of ketones is 1. The van der Waals surface area contributed by atoms with Gasteiger partial charge in [0.2, 0.25) is 0 Å². The van der Waals surface area contributed by atoms with Gasteiger partial charge in [-0.05, 0) is 44.6 Å². The van der Waals surface area contributed by atoms with Gasteiger partial charge in [0.15, 0.2) is 37.9 Å². The minimum atomic E-state index is -0.566. The van der Waals surface area contributed by atoms with Crippen molar-refractivity contribution < 1.29 is 29.3 Å². The topological polar surface area (TPSA) is 230 Å². The number of Topliss-reactive ketones (excluding diaryl/α,β-unsaturated/α-hetero) is 1. The average Bonchev–Trinajstić information content (AvgIpc) is 3.29. The fourth-order valence-electron chi connectivity index (χ4n) is 3.62. The van der Waals surface area contributed by atoms with Gasteiger partial charge in [0, 0.05) is 48.5 Å². The molecule has 0 bridgehead atoms. The first-order valence-corrected chi connectivity index (χ1v) is 25.4. The van der Waals surface area contributed by atoms with Gasteiger partial charge in [0.05, 0.1) is 30.4 Å². The molecule has 0 fully saturated rings. The molecule has 16 nitrogen and oxygen atoms in total. The minimum absolute atomic E-state index is 0.0300. The molecule has 0 aliphatic carbocycles. The summed E-state index contributed by atoms with van der Waals surface area (Å²) < 4.78 is 4.77. The highest BCUT2D eigenvalue weighted by Crippen LogP contribution is 2.24. The van der Waals surface area contributed by atoms with Crippen LogP contribution >= 0.6 is 117 Å². The molecule has 26 heteroatoms. The van der Waals surface area contributed by atoms with Crippen LogP contribution in [0.15, 0.2) is 56.8 Å². The molecule has 336 valence electrons. The largest absolute Gasteiger partial charge is 0.462 e. The molecular formula is C36H41Cl5N10O6S5. The van der Waals surface area contributed by atoms with Crippen LogP contribution in [-0.4, -0.2) is 116 Å². The van der Waals surface area contributed by atoms with Gasteiger partial charge in [0.25, 0.3) is 0 Å². The number of aliphatic hydroxyl groups excluding tert-OH is 2. The third kappa shape index (κ3) is 20.0. The molecule has 0 amide bonds. The van der Waals surface area contributed by atoms with Crippen molar-refractivity contribution in [2.75, 3.05) is 37.9 Å². The SMILES string of the molecule is CCC(=O)c1cnc(SC)nc1Cl.CCC(O)c1cnc(SC)nc1Cl.CCOC(=O)c1cnc(SC)nc1Cl.CSc1ncc(C=O)c(Cl)n1.CSc1ncc(CO)c(Cl)n1. The van der Waals surface area contributed by atoms with Gasteiger partial charge in [-0.1, -0.05) is 131 Å². The van der Waals surface area contributed by atoms with E-state index in [0.717, 1.165) is 0 Å². The Balaban J connectivity index is 0.000000389. The lowest BCUT2D eigenvalue weighted by atomic mass is 10.1. The maximum absolute atomic E-state index is 11.3. The second kappa shape index (κ2) is 32.1. The molecule has 5 rings (SSSR count). The Morgan fingerprint density at radius 2 is 1.05 bits per heavy atom. The van der Waals surface area contributed by atoms with E-state index in [-0.39, 0.29) is 33.4 Å². The highest BCUT2D eigenvalue weighted by Gasteiger charge is 2.14. The molecule has 1 unspecified atom stereocenters. The van der Waals surface area contributed by atoms with Crippen molar-refractivity contribution in [3.05, 3.63) is 84.6 Å². The molecule has 0 saturated heterocycles. The van der Waals surface area contributed by atoms with E-state index in [0.29, 0.717) is 84.1 Å². The number of ether oxygens (including phenoxy) is 1. The molecule has 2 N–H and O–H groups in total. The van der Waals surface area contributed by atoms with Crippen LogP contribution in [0.5, 0.6) is 0 Å². The third-order valence-corrected chi connectivity index (χ3v) is 11.1. The van der Waals surface area contributed by atoms with E-state index >= 15 is 0 Å². The van der Waals surface area contributed by atoms with Crippen molar-refractivity contribution in [2.45, 2.75) is 72.1 Å². The minimum Gasteiger partial charge on any atom is -0.462 e. The fourth-order valence-corrected chi connectivity index (χ4v) is 6.63. The summed E-state index contributed by atoms with van der Waals surface area (Å²) in [5.41, 5.74) is 2.09. The highest BCUT2D eigenvalue weighted by molar-refractivity contribution is 7.99. The Morgan fingerprint density at radius 3 is 1.42 bits per heavy atom. The standard InChI is InChI=1S/C8H9ClN2O2S.C8H11ClN2OS.C8H9ClN2OS.C6H7ClN2OS.C6H5ClN2OS/c1-3-13-7(12)5-4-10-8(14-2)11-6(5)9;2*1-3-6(12)5-4-10-8(13-2)11-7(5)9;2*1-11-6-8-2-4(3-10)5(7)9-6/h4H,3H2,1-2H3;4,6,12H,3H2,1-2H3;4H,3H2,1-2H3;2,10H,3H2,1H3;2-3H,1H3. The van der Waals surface area contributed by atoms with Crippen molar-refractivity contribution in [1.29, 1.82) is 0 Å². The number of esters is 1. The Kier molecular flexibility index (Phi) is 29.7. The Labute approximate surface area is 405 Å². The van der Waals surface area contributed by atoms with Crippen molar-refractivity contribution in [2.24, 2.45) is 0 Å². The predicted octanol–water partition coefficient (Wildman–Crippen LogP) is 9.78.